The Morgan fingerprint density at radius 2 is 2.53 bits per heavy atom. The van der Waals surface area contributed by atoms with Gasteiger partial charge in [0.15, 0.2) is 0 Å². The van der Waals surface area contributed by atoms with Crippen molar-refractivity contribution in [2.75, 3.05) is 25.0 Å². The monoisotopic (exact) mass is 294 g/mol. The summed E-state index contributed by atoms with van der Waals surface area (Å²) in [6.07, 6.45) is 4.08. The van der Waals surface area contributed by atoms with Gasteiger partial charge in [-0.15, -0.1) is 0 Å². The summed E-state index contributed by atoms with van der Waals surface area (Å²) >= 11 is 3.31. The molecule has 0 aliphatic carbocycles. The van der Waals surface area contributed by atoms with Gasteiger partial charge in [-0.25, -0.2) is 4.98 Å². The molecule has 90 valence electrons. The van der Waals surface area contributed by atoms with Gasteiger partial charge in [0.05, 0.1) is 5.56 Å². The van der Waals surface area contributed by atoms with Crippen LogP contribution in [0.3, 0.4) is 0 Å². The van der Waals surface area contributed by atoms with Crippen LogP contribution in [0.5, 0.6) is 0 Å². The van der Waals surface area contributed by atoms with Gasteiger partial charge in [0.25, 0.3) is 0 Å². The lowest BCUT2D eigenvalue weighted by atomic mass is 10.1. The molecule has 5 heteroatoms. The highest BCUT2D eigenvalue weighted by molar-refractivity contribution is 9.10. The molecule has 0 spiro atoms. The highest BCUT2D eigenvalue weighted by Crippen LogP contribution is 2.18. The van der Waals surface area contributed by atoms with E-state index in [4.69, 9.17) is 5.26 Å². The van der Waals surface area contributed by atoms with E-state index < -0.39 is 0 Å². The predicted octanol–water partition coefficient (Wildman–Crippen LogP) is 2.13. The molecular weight excluding hydrogens is 280 g/mol. The summed E-state index contributed by atoms with van der Waals surface area (Å²) in [6.45, 7) is 3.11. The van der Waals surface area contributed by atoms with Crippen molar-refractivity contribution in [1.29, 1.82) is 5.26 Å². The van der Waals surface area contributed by atoms with Crippen LogP contribution in [0.25, 0.3) is 0 Å². The molecule has 0 saturated carbocycles. The third kappa shape index (κ3) is 3.42. The summed E-state index contributed by atoms with van der Waals surface area (Å²) in [7, 11) is 0. The maximum Gasteiger partial charge on any atom is 0.143 e. The molecule has 1 aromatic heterocycles. The molecule has 2 N–H and O–H groups in total. The normalized spacial score (nSPS) is 18.9. The summed E-state index contributed by atoms with van der Waals surface area (Å²) < 4.78 is 0.833. The lowest BCUT2D eigenvalue weighted by molar-refractivity contribution is 0.549. The molecule has 1 atom stereocenters. The lowest BCUT2D eigenvalue weighted by Crippen LogP contribution is -2.13. The third-order valence-corrected chi connectivity index (χ3v) is 3.42. The van der Waals surface area contributed by atoms with Crippen LogP contribution in [0.1, 0.15) is 18.4 Å². The summed E-state index contributed by atoms with van der Waals surface area (Å²) in [4.78, 5) is 4.22. The minimum Gasteiger partial charge on any atom is -0.369 e. The zero-order chi connectivity index (χ0) is 12.1. The largest absolute Gasteiger partial charge is 0.369 e. The van der Waals surface area contributed by atoms with E-state index in [1.54, 1.807) is 12.3 Å². The van der Waals surface area contributed by atoms with E-state index in [9.17, 15) is 0 Å². The Balaban J connectivity index is 1.88. The number of anilines is 1. The van der Waals surface area contributed by atoms with Crippen LogP contribution >= 0.6 is 15.9 Å². The van der Waals surface area contributed by atoms with Crippen LogP contribution in [-0.4, -0.2) is 24.6 Å². The van der Waals surface area contributed by atoms with Crippen molar-refractivity contribution in [3.05, 3.63) is 22.3 Å². The summed E-state index contributed by atoms with van der Waals surface area (Å²) in [5.74, 6) is 1.44. The SMILES string of the molecule is N#Cc1cc(Br)cnc1NCCC1CCNC1. The Kier molecular flexibility index (Phi) is 4.35. The Hall–Kier alpha value is -1.12. The van der Waals surface area contributed by atoms with Gasteiger partial charge in [-0.1, -0.05) is 0 Å². The molecule has 1 aliphatic rings. The molecule has 1 aliphatic heterocycles. The van der Waals surface area contributed by atoms with Crippen molar-refractivity contribution < 1.29 is 0 Å². The molecule has 17 heavy (non-hydrogen) atoms. The van der Waals surface area contributed by atoms with Gasteiger partial charge in [0, 0.05) is 17.2 Å². The Morgan fingerprint density at radius 1 is 1.65 bits per heavy atom. The van der Waals surface area contributed by atoms with E-state index in [1.165, 1.54) is 6.42 Å². The van der Waals surface area contributed by atoms with E-state index in [0.29, 0.717) is 11.4 Å². The van der Waals surface area contributed by atoms with E-state index in [0.717, 1.165) is 36.4 Å². The second-order valence-electron chi connectivity index (χ2n) is 4.24. The average Bonchev–Trinajstić information content (AvgIpc) is 2.84. The minimum atomic E-state index is 0.587. The summed E-state index contributed by atoms with van der Waals surface area (Å²) in [6, 6.07) is 3.93. The molecular formula is C12H15BrN4. The molecule has 1 unspecified atom stereocenters. The van der Waals surface area contributed by atoms with Crippen molar-refractivity contribution >= 4 is 21.7 Å². The van der Waals surface area contributed by atoms with Crippen LogP contribution in [0.2, 0.25) is 0 Å². The predicted molar refractivity (Wildman–Crippen MR) is 70.7 cm³/mol. The molecule has 2 rings (SSSR count). The molecule has 0 bridgehead atoms. The number of rotatable bonds is 4. The number of aromatic nitrogens is 1. The number of hydrogen-bond acceptors (Lipinski definition) is 4. The Bertz CT molecular complexity index is 421. The van der Waals surface area contributed by atoms with Crippen molar-refractivity contribution in [2.45, 2.75) is 12.8 Å². The highest BCUT2D eigenvalue weighted by atomic mass is 79.9. The average molecular weight is 295 g/mol. The molecule has 2 heterocycles. The second-order valence-corrected chi connectivity index (χ2v) is 5.15. The number of nitrogens with one attached hydrogen (secondary N) is 2. The van der Waals surface area contributed by atoms with Gasteiger partial charge in [-0.05, 0) is 53.8 Å². The molecule has 0 aromatic carbocycles. The Morgan fingerprint density at radius 3 is 3.24 bits per heavy atom. The fourth-order valence-electron chi connectivity index (χ4n) is 2.02. The van der Waals surface area contributed by atoms with Gasteiger partial charge in [-0.3, -0.25) is 0 Å². The maximum absolute atomic E-state index is 8.99. The quantitative estimate of drug-likeness (QED) is 0.893. The summed E-state index contributed by atoms with van der Waals surface area (Å²) in [5.41, 5.74) is 0.587. The molecule has 1 aromatic rings. The number of pyridine rings is 1. The zero-order valence-electron chi connectivity index (χ0n) is 9.54. The first kappa shape index (κ1) is 12.3. The first-order chi connectivity index (χ1) is 8.29. The maximum atomic E-state index is 8.99. The van der Waals surface area contributed by atoms with Crippen LogP contribution in [0.4, 0.5) is 5.82 Å². The number of nitriles is 1. The highest BCUT2D eigenvalue weighted by Gasteiger charge is 2.13. The fraction of sp³-hybridized carbons (Fsp3) is 0.500. The topological polar surface area (TPSA) is 60.7 Å². The molecule has 0 radical (unpaired) electrons. The van der Waals surface area contributed by atoms with E-state index in [1.807, 2.05) is 0 Å². The van der Waals surface area contributed by atoms with Crippen molar-refractivity contribution in [2.24, 2.45) is 5.92 Å². The zero-order valence-corrected chi connectivity index (χ0v) is 11.1. The van der Waals surface area contributed by atoms with E-state index >= 15 is 0 Å². The summed E-state index contributed by atoms with van der Waals surface area (Å²) in [5, 5.41) is 15.6. The van der Waals surface area contributed by atoms with Gasteiger partial charge in [-0.2, -0.15) is 5.26 Å². The van der Waals surface area contributed by atoms with E-state index in [2.05, 4.69) is 37.6 Å². The van der Waals surface area contributed by atoms with Crippen LogP contribution in [0.15, 0.2) is 16.7 Å². The van der Waals surface area contributed by atoms with Gasteiger partial charge >= 0.3 is 0 Å². The number of nitrogens with zero attached hydrogens (tertiary/aromatic N) is 2. The minimum absolute atomic E-state index is 0.587. The molecule has 4 nitrogen and oxygen atoms in total. The fourth-order valence-corrected chi connectivity index (χ4v) is 2.35. The van der Waals surface area contributed by atoms with Crippen molar-refractivity contribution in [3.8, 4) is 6.07 Å². The number of halogens is 1. The molecule has 1 saturated heterocycles. The third-order valence-electron chi connectivity index (χ3n) is 2.98. The molecule has 0 amide bonds. The lowest BCUT2D eigenvalue weighted by Gasteiger charge is -2.10. The second kappa shape index (κ2) is 5.99. The van der Waals surface area contributed by atoms with Crippen molar-refractivity contribution in [3.63, 3.8) is 0 Å². The van der Waals surface area contributed by atoms with Gasteiger partial charge in [0.1, 0.15) is 11.9 Å². The van der Waals surface area contributed by atoms with Gasteiger partial charge < -0.3 is 10.6 Å². The van der Waals surface area contributed by atoms with E-state index in [-0.39, 0.29) is 0 Å². The van der Waals surface area contributed by atoms with Crippen LogP contribution in [-0.2, 0) is 0 Å². The molecule has 1 fully saturated rings. The smallest absolute Gasteiger partial charge is 0.143 e. The van der Waals surface area contributed by atoms with Crippen LogP contribution < -0.4 is 10.6 Å². The first-order valence-corrected chi connectivity index (χ1v) is 6.59. The Labute approximate surface area is 110 Å². The van der Waals surface area contributed by atoms with Crippen molar-refractivity contribution in [1.82, 2.24) is 10.3 Å². The number of hydrogen-bond donors (Lipinski definition) is 2. The van der Waals surface area contributed by atoms with Gasteiger partial charge in [0.2, 0.25) is 0 Å². The first-order valence-electron chi connectivity index (χ1n) is 5.80. The van der Waals surface area contributed by atoms with Crippen LogP contribution in [0, 0.1) is 17.2 Å². The standard InChI is InChI=1S/C12H15BrN4/c13-11-5-10(6-14)12(17-8-11)16-4-2-9-1-3-15-7-9/h5,8-9,15H,1-4,7H2,(H,16,17).